The van der Waals surface area contributed by atoms with Gasteiger partial charge >= 0.3 is 6.09 Å². The Morgan fingerprint density at radius 2 is 1.73 bits per heavy atom. The molecule has 2 atom stereocenters. The van der Waals surface area contributed by atoms with Crippen molar-refractivity contribution in [1.82, 2.24) is 15.5 Å². The van der Waals surface area contributed by atoms with Gasteiger partial charge in [-0.05, 0) is 94.3 Å². The lowest BCUT2D eigenvalue weighted by Crippen LogP contribution is -2.58. The molecule has 224 valence electrons. The van der Waals surface area contributed by atoms with E-state index in [1.54, 1.807) is 62.9 Å². The van der Waals surface area contributed by atoms with E-state index in [9.17, 15) is 24.6 Å². The summed E-state index contributed by atoms with van der Waals surface area (Å²) in [7, 11) is 0. The molecule has 0 aliphatic heterocycles. The van der Waals surface area contributed by atoms with Gasteiger partial charge in [-0.2, -0.15) is 0 Å². The zero-order valence-corrected chi connectivity index (χ0v) is 24.9. The summed E-state index contributed by atoms with van der Waals surface area (Å²) in [6.07, 6.45) is 4.62. The number of nitrogens with zero attached hydrogens (tertiary/aromatic N) is 1. The number of alkyl carbamates (subject to hydrolysis) is 1. The molecule has 0 saturated heterocycles. The van der Waals surface area contributed by atoms with Crippen LogP contribution in [0.4, 0.5) is 4.79 Å². The Kier molecular flexibility index (Phi) is 11.0. The van der Waals surface area contributed by atoms with Crippen LogP contribution < -0.4 is 10.6 Å². The monoisotopic (exact) mass is 567 g/mol. The molecule has 41 heavy (non-hydrogen) atoms. The van der Waals surface area contributed by atoms with Gasteiger partial charge in [-0.25, -0.2) is 4.79 Å². The van der Waals surface area contributed by atoms with Crippen LogP contribution in [0.15, 0.2) is 42.5 Å². The fraction of sp³-hybridized carbons (Fsp3) is 0.531. The van der Waals surface area contributed by atoms with Gasteiger partial charge < -0.3 is 30.5 Å². The van der Waals surface area contributed by atoms with Crippen LogP contribution in [0.5, 0.6) is 11.5 Å². The molecule has 9 nitrogen and oxygen atoms in total. The Bertz CT molecular complexity index is 1190. The molecule has 2 aromatic rings. The second-order valence-electron chi connectivity index (χ2n) is 11.8. The summed E-state index contributed by atoms with van der Waals surface area (Å²) in [6, 6.07) is 9.24. The predicted octanol–water partition coefficient (Wildman–Crippen LogP) is 5.27. The van der Waals surface area contributed by atoms with E-state index in [1.807, 2.05) is 0 Å². The molecule has 0 aromatic heterocycles. The Morgan fingerprint density at radius 1 is 1.05 bits per heavy atom. The lowest BCUT2D eigenvalue weighted by molar-refractivity contribution is -0.147. The van der Waals surface area contributed by atoms with Gasteiger partial charge in [-0.1, -0.05) is 38.0 Å². The maximum atomic E-state index is 14.5. The smallest absolute Gasteiger partial charge is 0.408 e. The Morgan fingerprint density at radius 3 is 2.29 bits per heavy atom. The van der Waals surface area contributed by atoms with Gasteiger partial charge in [-0.15, -0.1) is 0 Å². The van der Waals surface area contributed by atoms with Crippen LogP contribution in [0, 0.1) is 6.92 Å². The first-order valence-electron chi connectivity index (χ1n) is 14.6. The molecule has 9 heteroatoms. The summed E-state index contributed by atoms with van der Waals surface area (Å²) in [4.78, 5) is 42.8. The summed E-state index contributed by atoms with van der Waals surface area (Å²) in [5, 5.41) is 25.7. The summed E-state index contributed by atoms with van der Waals surface area (Å²) in [5.41, 5.74) is 1.15. The lowest BCUT2D eigenvalue weighted by Gasteiger charge is -2.43. The van der Waals surface area contributed by atoms with Crippen molar-refractivity contribution in [2.24, 2.45) is 0 Å². The molecule has 4 N–H and O–H groups in total. The molecule has 2 unspecified atom stereocenters. The van der Waals surface area contributed by atoms with Crippen LogP contribution in [-0.2, 0) is 20.7 Å². The number of amides is 3. The fourth-order valence-electron chi connectivity index (χ4n) is 4.85. The molecule has 0 spiro atoms. The third kappa shape index (κ3) is 9.13. The minimum absolute atomic E-state index is 0.0929. The van der Waals surface area contributed by atoms with Gasteiger partial charge in [0.2, 0.25) is 11.8 Å². The van der Waals surface area contributed by atoms with Crippen LogP contribution >= 0.6 is 0 Å². The summed E-state index contributed by atoms with van der Waals surface area (Å²) >= 11 is 0. The molecule has 0 radical (unpaired) electrons. The number of hydrogen-bond donors (Lipinski definition) is 4. The SMILES string of the molecule is CCCCCNC(=O)C(c1ccc(O)c(C)c1)N(C(=O)C(Cc1ccc(O)cc1)NC(=O)OC(C)(C)C)C1CCC1. The molecule has 1 aliphatic carbocycles. The number of carbonyl (C=O) groups is 3. The predicted molar refractivity (Wildman–Crippen MR) is 158 cm³/mol. The van der Waals surface area contributed by atoms with Gasteiger partial charge in [-0.3, -0.25) is 9.59 Å². The van der Waals surface area contributed by atoms with E-state index in [4.69, 9.17) is 4.74 Å². The second-order valence-corrected chi connectivity index (χ2v) is 11.8. The highest BCUT2D eigenvalue weighted by Crippen LogP contribution is 2.35. The number of phenols is 2. The van der Waals surface area contributed by atoms with Crippen molar-refractivity contribution in [3.8, 4) is 11.5 Å². The first-order chi connectivity index (χ1) is 19.4. The molecule has 3 amide bonds. The number of hydrogen-bond acceptors (Lipinski definition) is 6. The van der Waals surface area contributed by atoms with E-state index in [1.165, 1.54) is 12.1 Å². The highest BCUT2D eigenvalue weighted by atomic mass is 16.6. The van der Waals surface area contributed by atoms with Crippen LogP contribution in [0.2, 0.25) is 0 Å². The number of phenolic OH excluding ortho intramolecular Hbond substituents is 2. The Hall–Kier alpha value is -3.75. The molecule has 0 heterocycles. The maximum absolute atomic E-state index is 14.5. The van der Waals surface area contributed by atoms with Gasteiger partial charge in [0.05, 0.1) is 0 Å². The van der Waals surface area contributed by atoms with Crippen molar-refractivity contribution >= 4 is 17.9 Å². The van der Waals surface area contributed by atoms with Crippen molar-refractivity contribution in [3.05, 3.63) is 59.2 Å². The van der Waals surface area contributed by atoms with Crippen molar-refractivity contribution in [2.45, 2.75) is 103 Å². The minimum Gasteiger partial charge on any atom is -0.508 e. The van der Waals surface area contributed by atoms with Crippen molar-refractivity contribution in [3.63, 3.8) is 0 Å². The number of aryl methyl sites for hydroxylation is 1. The zero-order chi connectivity index (χ0) is 30.2. The van der Waals surface area contributed by atoms with E-state index in [2.05, 4.69) is 17.6 Å². The average Bonchev–Trinajstić information content (AvgIpc) is 2.86. The molecular formula is C32H45N3O6. The van der Waals surface area contributed by atoms with Gasteiger partial charge in [0.1, 0.15) is 29.2 Å². The first kappa shape index (κ1) is 31.8. The van der Waals surface area contributed by atoms with Gasteiger partial charge in [0.15, 0.2) is 0 Å². The second kappa shape index (κ2) is 14.2. The first-order valence-corrected chi connectivity index (χ1v) is 14.6. The van der Waals surface area contributed by atoms with Crippen molar-refractivity contribution in [1.29, 1.82) is 0 Å². The summed E-state index contributed by atoms with van der Waals surface area (Å²) in [6.45, 7) is 9.57. The number of unbranched alkanes of at least 4 members (excludes halogenated alkanes) is 2. The average molecular weight is 568 g/mol. The third-order valence-corrected chi connectivity index (χ3v) is 7.23. The maximum Gasteiger partial charge on any atom is 0.408 e. The van der Waals surface area contributed by atoms with Crippen LogP contribution in [0.1, 0.15) is 89.0 Å². The molecule has 2 aromatic carbocycles. The molecule has 1 saturated carbocycles. The Labute approximate surface area is 243 Å². The fourth-order valence-corrected chi connectivity index (χ4v) is 4.85. The van der Waals surface area contributed by atoms with E-state index < -0.39 is 29.7 Å². The van der Waals surface area contributed by atoms with E-state index in [-0.39, 0.29) is 29.9 Å². The summed E-state index contributed by atoms with van der Waals surface area (Å²) < 4.78 is 5.49. The topological polar surface area (TPSA) is 128 Å². The van der Waals surface area contributed by atoms with Crippen LogP contribution in [0.3, 0.4) is 0 Å². The Balaban J connectivity index is 2.02. The molecule has 0 bridgehead atoms. The van der Waals surface area contributed by atoms with Crippen molar-refractivity contribution in [2.75, 3.05) is 6.54 Å². The highest BCUT2D eigenvalue weighted by Gasteiger charge is 2.42. The van der Waals surface area contributed by atoms with E-state index in [0.29, 0.717) is 17.7 Å². The van der Waals surface area contributed by atoms with Gasteiger partial charge in [0.25, 0.3) is 0 Å². The molecular weight excluding hydrogens is 522 g/mol. The summed E-state index contributed by atoms with van der Waals surface area (Å²) in [5.74, 6) is -0.496. The van der Waals surface area contributed by atoms with Gasteiger partial charge in [0, 0.05) is 19.0 Å². The molecule has 1 aliphatic rings. The number of ether oxygens (including phenoxy) is 1. The number of carbonyl (C=O) groups excluding carboxylic acids is 3. The highest BCUT2D eigenvalue weighted by molar-refractivity contribution is 5.92. The number of aromatic hydroxyl groups is 2. The molecule has 3 rings (SSSR count). The third-order valence-electron chi connectivity index (χ3n) is 7.23. The van der Waals surface area contributed by atoms with Crippen LogP contribution in [-0.4, -0.2) is 57.3 Å². The standard InChI is InChI=1S/C32H45N3O6/c1-6-7-8-18-33-29(38)28(23-14-17-27(37)21(2)19-23)35(24-10-9-11-24)30(39)26(34-31(40)41-32(3,4)5)20-22-12-15-25(36)16-13-22/h12-17,19,24,26,28,36-37H,6-11,18,20H2,1-5H3,(H,33,38)(H,34,40). The normalized spacial score (nSPS) is 14.9. The number of nitrogens with one attached hydrogen (secondary N) is 2. The number of benzene rings is 2. The lowest BCUT2D eigenvalue weighted by atomic mass is 9.87. The quantitative estimate of drug-likeness (QED) is 0.259. The number of rotatable bonds is 12. The van der Waals surface area contributed by atoms with E-state index in [0.717, 1.165) is 44.1 Å². The van der Waals surface area contributed by atoms with E-state index >= 15 is 0 Å². The molecule has 1 fully saturated rings. The zero-order valence-electron chi connectivity index (χ0n) is 24.9. The minimum atomic E-state index is -1.02. The van der Waals surface area contributed by atoms with Crippen LogP contribution in [0.25, 0.3) is 0 Å². The largest absolute Gasteiger partial charge is 0.508 e. The van der Waals surface area contributed by atoms with Crippen molar-refractivity contribution < 1.29 is 29.3 Å².